The Bertz CT molecular complexity index is 565. The van der Waals surface area contributed by atoms with Crippen LogP contribution in [0.4, 0.5) is 5.69 Å². The maximum atomic E-state index is 4.31. The summed E-state index contributed by atoms with van der Waals surface area (Å²) in [5.41, 5.74) is 8.19. The zero-order chi connectivity index (χ0) is 14.0. The predicted octanol–water partition coefficient (Wildman–Crippen LogP) is 1.54. The summed E-state index contributed by atoms with van der Waals surface area (Å²) in [6, 6.07) is 20.2. The molecule has 102 valence electrons. The Morgan fingerprint density at radius 3 is 2.35 bits per heavy atom. The Hall–Kier alpha value is -2.20. The van der Waals surface area contributed by atoms with Crippen molar-refractivity contribution in [2.24, 2.45) is 0 Å². The third kappa shape index (κ3) is 5.20. The van der Waals surface area contributed by atoms with Crippen LogP contribution in [0.1, 0.15) is 5.56 Å². The van der Waals surface area contributed by atoms with Crippen LogP contribution in [0.5, 0.6) is 0 Å². The molecule has 0 unspecified atom stereocenters. The second kappa shape index (κ2) is 8.07. The van der Waals surface area contributed by atoms with E-state index in [0.29, 0.717) is 5.17 Å². The van der Waals surface area contributed by atoms with Crippen molar-refractivity contribution in [3.8, 4) is 0 Å². The Labute approximate surface area is 124 Å². The summed E-state index contributed by atoms with van der Waals surface area (Å²) in [5, 5.41) is 0.639. The second-order valence-corrected chi connectivity index (χ2v) is 4.65. The number of para-hydroxylation sites is 1. The third-order valence-electron chi connectivity index (χ3n) is 2.62. The van der Waals surface area contributed by atoms with Gasteiger partial charge in [-0.25, -0.2) is 10.4 Å². The van der Waals surface area contributed by atoms with Crippen LogP contribution in [0.15, 0.2) is 72.9 Å². The number of hydrogen-bond donors (Lipinski definition) is 4. The van der Waals surface area contributed by atoms with E-state index in [0.717, 1.165) is 12.1 Å². The summed E-state index contributed by atoms with van der Waals surface area (Å²) in [7, 11) is 0. The summed E-state index contributed by atoms with van der Waals surface area (Å²) in [6.45, 7) is 0. The number of amidine groups is 1. The fourth-order valence-electron chi connectivity index (χ4n) is 1.67. The van der Waals surface area contributed by atoms with Gasteiger partial charge in [0.1, 0.15) is 5.69 Å². The zero-order valence-electron chi connectivity index (χ0n) is 11.1. The molecule has 0 heterocycles. The Kier molecular flexibility index (Phi) is 5.73. The number of nitrogens with one attached hydrogen (secondary N) is 3. The lowest BCUT2D eigenvalue weighted by Gasteiger charge is -1.97. The van der Waals surface area contributed by atoms with Crippen molar-refractivity contribution in [1.29, 1.82) is 0 Å². The van der Waals surface area contributed by atoms with Crippen LogP contribution in [0.25, 0.3) is 0 Å². The zero-order valence-corrected chi connectivity index (χ0v) is 12.0. The molecule has 0 bridgehead atoms. The number of hydrogen-bond acceptors (Lipinski definition) is 1. The first-order chi connectivity index (χ1) is 9.84. The van der Waals surface area contributed by atoms with E-state index in [1.807, 2.05) is 60.8 Å². The van der Waals surface area contributed by atoms with Crippen LogP contribution in [-0.2, 0) is 6.42 Å². The van der Waals surface area contributed by atoms with Gasteiger partial charge in [-0.1, -0.05) is 67.2 Å². The topological polar surface area (TPSA) is 38.0 Å². The quantitative estimate of drug-likeness (QED) is 0.291. The average Bonchev–Trinajstić information content (AvgIpc) is 2.49. The van der Waals surface area contributed by atoms with E-state index in [4.69, 9.17) is 0 Å². The molecule has 0 aliphatic carbocycles. The van der Waals surface area contributed by atoms with E-state index in [-0.39, 0.29) is 0 Å². The summed E-state index contributed by atoms with van der Waals surface area (Å²) < 4.78 is 0. The van der Waals surface area contributed by atoms with Gasteiger partial charge in [-0.15, -0.1) is 0 Å². The maximum absolute atomic E-state index is 4.31. The SMILES string of the molecule is SC(NNC=CCc1ccccc1)=[NH+]c1ccccc1. The van der Waals surface area contributed by atoms with Crippen LogP contribution >= 0.6 is 12.6 Å². The molecule has 3 N–H and O–H groups in total. The molecule has 0 saturated carbocycles. The van der Waals surface area contributed by atoms with Crippen molar-refractivity contribution >= 4 is 23.5 Å². The molecule has 2 rings (SSSR count). The molecule has 0 aliphatic heterocycles. The minimum absolute atomic E-state index is 0.639. The molecule has 3 nitrogen and oxygen atoms in total. The smallest absolute Gasteiger partial charge is 0.238 e. The van der Waals surface area contributed by atoms with E-state index in [9.17, 15) is 0 Å². The molecule has 2 aromatic carbocycles. The molecule has 2 aromatic rings. The lowest BCUT2D eigenvalue weighted by Crippen LogP contribution is -2.69. The first-order valence-corrected chi connectivity index (χ1v) is 6.88. The van der Waals surface area contributed by atoms with Crippen LogP contribution in [0.3, 0.4) is 0 Å². The fourth-order valence-corrected chi connectivity index (χ4v) is 1.86. The number of hydrazine groups is 1. The van der Waals surface area contributed by atoms with Gasteiger partial charge in [0.05, 0.1) is 0 Å². The third-order valence-corrected chi connectivity index (χ3v) is 2.85. The summed E-state index contributed by atoms with van der Waals surface area (Å²) >= 11 is 4.31. The molecule has 20 heavy (non-hydrogen) atoms. The Morgan fingerprint density at radius 2 is 1.65 bits per heavy atom. The average molecular weight is 284 g/mol. The first-order valence-electron chi connectivity index (χ1n) is 6.43. The van der Waals surface area contributed by atoms with Crippen molar-refractivity contribution in [2.45, 2.75) is 6.42 Å². The lowest BCUT2D eigenvalue weighted by molar-refractivity contribution is -0.352. The first kappa shape index (κ1) is 14.2. The van der Waals surface area contributed by atoms with E-state index >= 15 is 0 Å². The largest absolute Gasteiger partial charge is 0.329 e. The van der Waals surface area contributed by atoms with Crippen molar-refractivity contribution in [1.82, 2.24) is 10.9 Å². The van der Waals surface area contributed by atoms with Gasteiger partial charge in [0.2, 0.25) is 0 Å². The Balaban J connectivity index is 1.74. The van der Waals surface area contributed by atoms with Gasteiger partial charge < -0.3 is 0 Å². The molecule has 0 spiro atoms. The monoisotopic (exact) mass is 284 g/mol. The van der Waals surface area contributed by atoms with Gasteiger partial charge in [0.25, 0.3) is 0 Å². The van der Waals surface area contributed by atoms with Crippen LogP contribution < -0.4 is 15.8 Å². The molecular weight excluding hydrogens is 266 g/mol. The molecule has 0 amide bonds. The second-order valence-electron chi connectivity index (χ2n) is 4.20. The molecule has 0 fully saturated rings. The maximum Gasteiger partial charge on any atom is 0.329 e. The molecule has 4 heteroatoms. The molecule has 0 aliphatic rings. The minimum Gasteiger partial charge on any atom is -0.238 e. The van der Waals surface area contributed by atoms with Crippen LogP contribution in [0, 0.1) is 0 Å². The molecule has 0 saturated heterocycles. The number of rotatable bonds is 5. The Morgan fingerprint density at radius 1 is 1.00 bits per heavy atom. The van der Waals surface area contributed by atoms with Gasteiger partial charge in [-0.05, 0) is 24.1 Å². The number of allylic oxidation sites excluding steroid dienone is 1. The van der Waals surface area contributed by atoms with Crippen molar-refractivity contribution in [2.75, 3.05) is 0 Å². The van der Waals surface area contributed by atoms with Gasteiger partial charge >= 0.3 is 5.17 Å². The van der Waals surface area contributed by atoms with E-state index in [1.54, 1.807) is 0 Å². The highest BCUT2D eigenvalue weighted by Crippen LogP contribution is 1.99. The highest BCUT2D eigenvalue weighted by Gasteiger charge is 1.97. The highest BCUT2D eigenvalue weighted by molar-refractivity contribution is 7.96. The van der Waals surface area contributed by atoms with Gasteiger partial charge in [0.15, 0.2) is 0 Å². The lowest BCUT2D eigenvalue weighted by atomic mass is 10.1. The van der Waals surface area contributed by atoms with E-state index < -0.39 is 0 Å². The highest BCUT2D eigenvalue weighted by atomic mass is 32.1. The van der Waals surface area contributed by atoms with Crippen molar-refractivity contribution in [3.05, 3.63) is 78.5 Å². The standard InChI is InChI=1S/C16H17N3S/c20-16(18-15-11-5-2-6-12-15)19-17-13-7-10-14-8-3-1-4-9-14/h1-9,11-13,17H,10H2,(H2,18,19,20)/p+1. The number of benzene rings is 2. The van der Waals surface area contributed by atoms with E-state index in [2.05, 4.69) is 40.6 Å². The fraction of sp³-hybridized carbons (Fsp3) is 0.0625. The molecule has 0 atom stereocenters. The van der Waals surface area contributed by atoms with Gasteiger partial charge in [-0.3, -0.25) is 0 Å². The van der Waals surface area contributed by atoms with Gasteiger partial charge in [-0.2, -0.15) is 5.43 Å². The summed E-state index contributed by atoms with van der Waals surface area (Å²) in [4.78, 5) is 3.12. The van der Waals surface area contributed by atoms with Crippen molar-refractivity contribution in [3.63, 3.8) is 0 Å². The minimum atomic E-state index is 0.639. The van der Waals surface area contributed by atoms with Gasteiger partial charge in [0, 0.05) is 6.20 Å². The molecular formula is C16H18N3S+. The van der Waals surface area contributed by atoms with E-state index in [1.165, 1.54) is 5.56 Å². The molecule has 0 aromatic heterocycles. The van der Waals surface area contributed by atoms with Crippen molar-refractivity contribution < 1.29 is 4.99 Å². The van der Waals surface area contributed by atoms with Crippen LogP contribution in [-0.4, -0.2) is 5.17 Å². The number of thiol groups is 1. The van der Waals surface area contributed by atoms with Crippen LogP contribution in [0.2, 0.25) is 0 Å². The molecule has 0 radical (unpaired) electrons. The predicted molar refractivity (Wildman–Crippen MR) is 86.6 cm³/mol. The summed E-state index contributed by atoms with van der Waals surface area (Å²) in [5.74, 6) is 0. The summed E-state index contributed by atoms with van der Waals surface area (Å²) in [6.07, 6.45) is 4.80. The normalized spacial score (nSPS) is 11.6.